The van der Waals surface area contributed by atoms with Gasteiger partial charge < -0.3 is 10.1 Å². The molecule has 0 spiro atoms. The molecule has 0 unspecified atom stereocenters. The quantitative estimate of drug-likeness (QED) is 0.614. The number of anilines is 1. The highest BCUT2D eigenvalue weighted by Crippen LogP contribution is 2.29. The van der Waals surface area contributed by atoms with Crippen molar-refractivity contribution >= 4 is 31.6 Å². The second kappa shape index (κ2) is 10.0. The molecule has 34 heavy (non-hydrogen) atoms. The van der Waals surface area contributed by atoms with E-state index in [0.717, 1.165) is 4.31 Å². The van der Waals surface area contributed by atoms with Crippen molar-refractivity contribution in [3.63, 3.8) is 0 Å². The van der Waals surface area contributed by atoms with Crippen molar-refractivity contribution in [2.75, 3.05) is 39.6 Å². The van der Waals surface area contributed by atoms with Crippen LogP contribution >= 0.6 is 0 Å². The number of ether oxygens (including phenoxy) is 1. The summed E-state index contributed by atoms with van der Waals surface area (Å²) in [5.41, 5.74) is 1.80. The zero-order valence-electron chi connectivity index (χ0n) is 20.0. The summed E-state index contributed by atoms with van der Waals surface area (Å²) in [6.07, 6.45) is 1.08. The molecule has 0 radical (unpaired) electrons. The minimum Gasteiger partial charge on any atom is -0.496 e. The lowest BCUT2D eigenvalue weighted by Gasteiger charge is -2.31. The molecule has 2 aromatic rings. The van der Waals surface area contributed by atoms with Crippen LogP contribution < -0.4 is 10.1 Å². The lowest BCUT2D eigenvalue weighted by Crippen LogP contribution is -2.43. The third-order valence-electron chi connectivity index (χ3n) is 6.00. The molecule has 3 rings (SSSR count). The van der Waals surface area contributed by atoms with Gasteiger partial charge >= 0.3 is 0 Å². The molecule has 1 aliphatic rings. The molecule has 11 heteroatoms. The average molecular weight is 510 g/mol. The number of sulfonamides is 2. The number of carbonyl (C=O) groups excluding carboxylic acids is 1. The topological polar surface area (TPSA) is 113 Å². The SMILES string of the molecule is COc1ccc(S(=O)(=O)N2CCC[C@@H](C(=O)Nc3cc(S(=O)(=O)N(C)C)ccc3C)C2)cc1C. The van der Waals surface area contributed by atoms with E-state index in [1.54, 1.807) is 32.0 Å². The first kappa shape index (κ1) is 26.1. The maximum absolute atomic E-state index is 13.2. The molecular formula is C23H31N3O6S2. The highest BCUT2D eigenvalue weighted by molar-refractivity contribution is 7.89. The molecule has 186 valence electrons. The highest BCUT2D eigenvalue weighted by atomic mass is 32.2. The number of nitrogens with one attached hydrogen (secondary N) is 1. The lowest BCUT2D eigenvalue weighted by molar-refractivity contribution is -0.120. The number of piperidine rings is 1. The highest BCUT2D eigenvalue weighted by Gasteiger charge is 2.34. The standard InChI is InChI=1S/C23H31N3O6S2/c1-16-8-9-20(33(28,29)25(3)4)14-21(16)24-23(27)18-7-6-12-26(15-18)34(30,31)19-10-11-22(32-5)17(2)13-19/h8-11,13-14,18H,6-7,12,15H2,1-5H3,(H,24,27)/t18-/m1/s1. The van der Waals surface area contributed by atoms with Crippen molar-refractivity contribution in [1.29, 1.82) is 0 Å². The summed E-state index contributed by atoms with van der Waals surface area (Å²) >= 11 is 0. The zero-order chi connectivity index (χ0) is 25.3. The fourth-order valence-corrected chi connectivity index (χ4v) is 6.41. The molecule has 0 saturated carbocycles. The van der Waals surface area contributed by atoms with Crippen molar-refractivity contribution in [1.82, 2.24) is 8.61 Å². The van der Waals surface area contributed by atoms with Crippen LogP contribution in [0.15, 0.2) is 46.2 Å². The van der Waals surface area contributed by atoms with Gasteiger partial charge in [-0.3, -0.25) is 4.79 Å². The first-order valence-corrected chi connectivity index (χ1v) is 13.7. The number of rotatable bonds is 7. The van der Waals surface area contributed by atoms with Gasteiger partial charge in [0.2, 0.25) is 26.0 Å². The number of aryl methyl sites for hydroxylation is 2. The number of benzene rings is 2. The number of amides is 1. The van der Waals surface area contributed by atoms with E-state index in [1.807, 2.05) is 0 Å². The Labute approximate surface area is 201 Å². The van der Waals surface area contributed by atoms with Crippen LogP contribution in [0.3, 0.4) is 0 Å². The molecular weight excluding hydrogens is 478 g/mol. The Hall–Kier alpha value is -2.47. The summed E-state index contributed by atoms with van der Waals surface area (Å²) < 4.78 is 59.0. The van der Waals surface area contributed by atoms with E-state index in [4.69, 9.17) is 4.74 Å². The number of hydrogen-bond donors (Lipinski definition) is 1. The van der Waals surface area contributed by atoms with E-state index in [1.165, 1.54) is 43.7 Å². The Kier molecular flexibility index (Phi) is 7.71. The fourth-order valence-electron chi connectivity index (χ4n) is 3.88. The van der Waals surface area contributed by atoms with Crippen molar-refractivity contribution in [3.05, 3.63) is 47.5 Å². The van der Waals surface area contributed by atoms with Crippen LogP contribution in [-0.2, 0) is 24.8 Å². The number of carbonyl (C=O) groups is 1. The minimum atomic E-state index is -3.78. The molecule has 1 amide bonds. The van der Waals surface area contributed by atoms with E-state index in [2.05, 4.69) is 5.32 Å². The number of nitrogens with zero attached hydrogens (tertiary/aromatic N) is 2. The van der Waals surface area contributed by atoms with Crippen LogP contribution in [0, 0.1) is 19.8 Å². The van der Waals surface area contributed by atoms with Crippen LogP contribution in [0.1, 0.15) is 24.0 Å². The van der Waals surface area contributed by atoms with Crippen molar-refractivity contribution < 1.29 is 26.4 Å². The van der Waals surface area contributed by atoms with Crippen LogP contribution in [0.5, 0.6) is 5.75 Å². The molecule has 1 aliphatic heterocycles. The van der Waals surface area contributed by atoms with Gasteiger partial charge in [-0.05, 0) is 68.1 Å². The Bertz CT molecular complexity index is 1290. The Morgan fingerprint density at radius 3 is 2.32 bits per heavy atom. The van der Waals surface area contributed by atoms with E-state index in [-0.39, 0.29) is 22.2 Å². The van der Waals surface area contributed by atoms with Crippen LogP contribution in [0.4, 0.5) is 5.69 Å². The lowest BCUT2D eigenvalue weighted by atomic mass is 9.98. The summed E-state index contributed by atoms with van der Waals surface area (Å²) in [7, 11) is -3.03. The van der Waals surface area contributed by atoms with Gasteiger partial charge in [-0.1, -0.05) is 6.07 Å². The van der Waals surface area contributed by atoms with E-state index >= 15 is 0 Å². The third kappa shape index (κ3) is 5.27. The Balaban J connectivity index is 1.79. The second-order valence-electron chi connectivity index (χ2n) is 8.59. The van der Waals surface area contributed by atoms with Crippen molar-refractivity contribution in [2.24, 2.45) is 5.92 Å². The van der Waals surface area contributed by atoms with Crippen molar-refractivity contribution in [3.8, 4) is 5.75 Å². The van der Waals surface area contributed by atoms with Gasteiger partial charge in [0.25, 0.3) is 0 Å². The predicted octanol–water partition coefficient (Wildman–Crippen LogP) is 2.60. The number of methoxy groups -OCH3 is 1. The maximum atomic E-state index is 13.2. The monoisotopic (exact) mass is 509 g/mol. The smallest absolute Gasteiger partial charge is 0.243 e. The molecule has 0 bridgehead atoms. The van der Waals surface area contributed by atoms with E-state index in [0.29, 0.717) is 42.0 Å². The van der Waals surface area contributed by atoms with Gasteiger partial charge in [0.15, 0.2) is 0 Å². The molecule has 1 atom stereocenters. The zero-order valence-corrected chi connectivity index (χ0v) is 21.7. The van der Waals surface area contributed by atoms with E-state index in [9.17, 15) is 21.6 Å². The third-order valence-corrected chi connectivity index (χ3v) is 9.68. The second-order valence-corrected chi connectivity index (χ2v) is 12.7. The van der Waals surface area contributed by atoms with Gasteiger partial charge in [0, 0.05) is 32.9 Å². The molecule has 0 aromatic heterocycles. The maximum Gasteiger partial charge on any atom is 0.243 e. The number of hydrogen-bond acceptors (Lipinski definition) is 6. The summed E-state index contributed by atoms with van der Waals surface area (Å²) in [5.74, 6) is -0.298. The van der Waals surface area contributed by atoms with Crippen LogP contribution in [-0.4, -0.2) is 65.6 Å². The van der Waals surface area contributed by atoms with Crippen LogP contribution in [0.25, 0.3) is 0 Å². The molecule has 1 saturated heterocycles. The first-order valence-electron chi connectivity index (χ1n) is 10.9. The summed E-state index contributed by atoms with van der Waals surface area (Å²) in [4.78, 5) is 13.3. The van der Waals surface area contributed by atoms with Crippen LogP contribution in [0.2, 0.25) is 0 Å². The fraction of sp³-hybridized carbons (Fsp3) is 0.435. The van der Waals surface area contributed by atoms with Crippen molar-refractivity contribution in [2.45, 2.75) is 36.5 Å². The van der Waals surface area contributed by atoms with Gasteiger partial charge in [-0.15, -0.1) is 0 Å². The minimum absolute atomic E-state index is 0.0496. The van der Waals surface area contributed by atoms with Gasteiger partial charge in [0.05, 0.1) is 22.8 Å². The Morgan fingerprint density at radius 2 is 1.71 bits per heavy atom. The van der Waals surface area contributed by atoms with Gasteiger partial charge in [-0.2, -0.15) is 4.31 Å². The molecule has 2 aromatic carbocycles. The predicted molar refractivity (Wildman–Crippen MR) is 130 cm³/mol. The van der Waals surface area contributed by atoms with Gasteiger partial charge in [-0.25, -0.2) is 21.1 Å². The molecule has 1 heterocycles. The summed E-state index contributed by atoms with van der Waals surface area (Å²) in [6, 6.07) is 9.25. The molecule has 1 N–H and O–H groups in total. The molecule has 1 fully saturated rings. The normalized spacial score (nSPS) is 17.5. The molecule has 0 aliphatic carbocycles. The largest absolute Gasteiger partial charge is 0.496 e. The van der Waals surface area contributed by atoms with Gasteiger partial charge in [0.1, 0.15) is 5.75 Å². The summed E-state index contributed by atoms with van der Waals surface area (Å²) in [5, 5.41) is 2.81. The average Bonchev–Trinajstić information content (AvgIpc) is 2.80. The summed E-state index contributed by atoms with van der Waals surface area (Å²) in [6.45, 7) is 3.92. The molecule has 9 nitrogen and oxygen atoms in total. The Morgan fingerprint density at radius 1 is 1.03 bits per heavy atom. The van der Waals surface area contributed by atoms with E-state index < -0.39 is 26.0 Å². The first-order chi connectivity index (χ1) is 15.9.